The molecule has 0 aromatic carbocycles. The molecule has 4 heterocycles. The molecule has 1 fully saturated rings. The van der Waals surface area contributed by atoms with Gasteiger partial charge < -0.3 is 13.8 Å². The summed E-state index contributed by atoms with van der Waals surface area (Å²) in [6.07, 6.45) is 9.99. The van der Waals surface area contributed by atoms with Gasteiger partial charge in [-0.15, -0.1) is 0 Å². The van der Waals surface area contributed by atoms with Crippen LogP contribution in [0.1, 0.15) is 44.0 Å². The molecule has 5 rings (SSSR count). The van der Waals surface area contributed by atoms with Crippen LogP contribution in [0.15, 0.2) is 29.3 Å². The summed E-state index contributed by atoms with van der Waals surface area (Å²) in [4.78, 5) is 26.1. The second-order valence-electron chi connectivity index (χ2n) is 11.7. The second-order valence-corrected chi connectivity index (χ2v) is 17.3. The third-order valence-electron chi connectivity index (χ3n) is 7.34. The Morgan fingerprint density at radius 3 is 2.78 bits per heavy atom. The van der Waals surface area contributed by atoms with Crippen molar-refractivity contribution in [3.63, 3.8) is 0 Å². The first-order chi connectivity index (χ1) is 19.7. The monoisotopic (exact) mass is 576 g/mol. The highest BCUT2D eigenvalue weighted by Crippen LogP contribution is 2.38. The molecular weight excluding hydrogens is 540 g/mol. The van der Waals surface area contributed by atoms with Crippen molar-refractivity contribution in [2.24, 2.45) is 5.92 Å². The van der Waals surface area contributed by atoms with Gasteiger partial charge in [0.15, 0.2) is 5.82 Å². The lowest BCUT2D eigenvalue weighted by atomic mass is 9.96. The first kappa shape index (κ1) is 28.4. The van der Waals surface area contributed by atoms with Crippen molar-refractivity contribution >= 4 is 36.9 Å². The number of aromatic nitrogens is 7. The van der Waals surface area contributed by atoms with Gasteiger partial charge in [0.1, 0.15) is 18.7 Å². The minimum atomic E-state index is -1.19. The van der Waals surface area contributed by atoms with Crippen LogP contribution in [0.4, 0.5) is 16.6 Å². The molecular formula is C27H36N10O3Si. The number of carbonyl (C=O) groups is 1. The Labute approximate surface area is 239 Å². The van der Waals surface area contributed by atoms with Crippen LogP contribution in [0, 0.1) is 24.2 Å². The number of rotatable bonds is 11. The molecule has 1 aliphatic rings. The summed E-state index contributed by atoms with van der Waals surface area (Å²) in [6.45, 7) is 9.69. The summed E-state index contributed by atoms with van der Waals surface area (Å²) >= 11 is 0. The summed E-state index contributed by atoms with van der Waals surface area (Å²) in [5.41, 5.74) is 1.96. The Bertz CT molecular complexity index is 1540. The van der Waals surface area contributed by atoms with Crippen LogP contribution < -0.4 is 10.6 Å². The number of ether oxygens (including phenoxy) is 1. The fourth-order valence-corrected chi connectivity index (χ4v) is 5.95. The molecule has 0 spiro atoms. The van der Waals surface area contributed by atoms with Crippen molar-refractivity contribution in [3.8, 4) is 17.3 Å². The Morgan fingerprint density at radius 1 is 1.27 bits per heavy atom. The predicted molar refractivity (Wildman–Crippen MR) is 156 cm³/mol. The number of nitrogens with zero attached hydrogens (tertiary/aromatic N) is 8. The molecule has 1 aliphatic carbocycles. The largest absolute Gasteiger partial charge is 0.361 e. The Hall–Kier alpha value is -4.09. The second kappa shape index (κ2) is 12.2. The predicted octanol–water partition coefficient (Wildman–Crippen LogP) is 5.59. The molecule has 0 radical (unpaired) electrons. The molecule has 0 saturated heterocycles. The average Bonchev–Trinajstić information content (AvgIpc) is 3.73. The topological polar surface area (TPSA) is 162 Å². The van der Waals surface area contributed by atoms with E-state index in [1.807, 2.05) is 27.7 Å². The molecule has 1 saturated carbocycles. The molecule has 41 heavy (non-hydrogen) atoms. The fourth-order valence-electron chi connectivity index (χ4n) is 5.19. The Morgan fingerprint density at radius 2 is 2.07 bits per heavy atom. The third kappa shape index (κ3) is 6.80. The quantitative estimate of drug-likeness (QED) is 0.171. The van der Waals surface area contributed by atoms with Gasteiger partial charge in [0.2, 0.25) is 5.89 Å². The summed E-state index contributed by atoms with van der Waals surface area (Å²) in [5, 5.41) is 24.3. The normalized spacial score (nSPS) is 14.8. The highest BCUT2D eigenvalue weighted by molar-refractivity contribution is 6.76. The molecule has 2 amide bonds. The maximum absolute atomic E-state index is 12.9. The fraction of sp³-hybridized carbons (Fsp3) is 0.519. The van der Waals surface area contributed by atoms with Crippen LogP contribution in [-0.2, 0) is 11.5 Å². The molecule has 4 aromatic heterocycles. The minimum absolute atomic E-state index is 0.0462. The van der Waals surface area contributed by atoms with Crippen LogP contribution in [0.2, 0.25) is 25.7 Å². The van der Waals surface area contributed by atoms with E-state index in [0.29, 0.717) is 48.6 Å². The minimum Gasteiger partial charge on any atom is -0.361 e. The lowest BCUT2D eigenvalue weighted by molar-refractivity contribution is 0.0899. The molecule has 0 bridgehead atoms. The van der Waals surface area contributed by atoms with E-state index in [9.17, 15) is 10.1 Å². The maximum atomic E-state index is 12.9. The number of amides is 2. The lowest BCUT2D eigenvalue weighted by Crippen LogP contribution is -2.22. The van der Waals surface area contributed by atoms with Crippen LogP contribution in [-0.4, -0.2) is 55.2 Å². The summed E-state index contributed by atoms with van der Waals surface area (Å²) < 4.78 is 14.7. The zero-order valence-corrected chi connectivity index (χ0v) is 24.9. The molecule has 0 aliphatic heterocycles. The first-order valence-electron chi connectivity index (χ1n) is 13.9. The number of hydrogen-bond donors (Lipinski definition) is 2. The summed E-state index contributed by atoms with van der Waals surface area (Å²) in [7, 11) is -1.19. The van der Waals surface area contributed by atoms with Gasteiger partial charge in [-0.25, -0.2) is 14.8 Å². The Kier molecular flexibility index (Phi) is 8.46. The van der Waals surface area contributed by atoms with Crippen molar-refractivity contribution in [1.82, 2.24) is 34.5 Å². The van der Waals surface area contributed by atoms with Crippen molar-refractivity contribution in [3.05, 3.63) is 30.7 Å². The van der Waals surface area contributed by atoms with Gasteiger partial charge in [-0.3, -0.25) is 15.3 Å². The number of nitrogens with one attached hydrogen (secondary N) is 2. The van der Waals surface area contributed by atoms with E-state index < -0.39 is 14.1 Å². The van der Waals surface area contributed by atoms with Crippen LogP contribution in [0.25, 0.3) is 22.3 Å². The Balaban J connectivity index is 1.47. The highest BCUT2D eigenvalue weighted by Gasteiger charge is 2.29. The highest BCUT2D eigenvalue weighted by atomic mass is 28.3. The number of anilines is 2. The number of carbonyl (C=O) groups excluding carboxylic acids is 1. The van der Waals surface area contributed by atoms with Crippen LogP contribution in [0.3, 0.4) is 0 Å². The van der Waals surface area contributed by atoms with Crippen molar-refractivity contribution in [1.29, 1.82) is 5.26 Å². The summed E-state index contributed by atoms with van der Waals surface area (Å²) in [6, 6.07) is 4.67. The third-order valence-corrected chi connectivity index (χ3v) is 9.04. The standard InChI is InChI=1S/C27H36N10O3Si/c1-18-31-26(35-40-18)33-27(38)32-24-21(15-37(34-24)22(9-11-28)19-7-5-6-8-19)23-20-10-12-36(25(20)30-16-29-23)17-39-13-14-41(2,3)4/h10,12,15-16,19,22H,5-9,13-14,17H2,1-4H3,(H2,32,33,34,35,38). The summed E-state index contributed by atoms with van der Waals surface area (Å²) in [5.74, 6) is 1.03. The van der Waals surface area contributed by atoms with Gasteiger partial charge in [0.25, 0.3) is 5.95 Å². The lowest BCUT2D eigenvalue weighted by Gasteiger charge is -2.21. The molecule has 216 valence electrons. The number of hydrogen-bond acceptors (Lipinski definition) is 9. The first-order valence-corrected chi connectivity index (χ1v) is 17.6. The van der Waals surface area contributed by atoms with Gasteiger partial charge in [0.05, 0.1) is 29.8 Å². The number of aryl methyl sites for hydroxylation is 1. The van der Waals surface area contributed by atoms with Crippen molar-refractivity contribution in [2.75, 3.05) is 17.2 Å². The number of fused-ring (bicyclic) bond motifs is 1. The van der Waals surface area contributed by atoms with E-state index >= 15 is 0 Å². The molecule has 14 heteroatoms. The molecule has 1 unspecified atom stereocenters. The van der Waals surface area contributed by atoms with Crippen LogP contribution in [0.5, 0.6) is 0 Å². The van der Waals surface area contributed by atoms with Crippen LogP contribution >= 0.6 is 0 Å². The van der Waals surface area contributed by atoms with Crippen molar-refractivity contribution < 1.29 is 14.1 Å². The van der Waals surface area contributed by atoms with Gasteiger partial charge in [0, 0.05) is 39.4 Å². The van der Waals surface area contributed by atoms with E-state index in [1.165, 1.54) is 6.33 Å². The van der Waals surface area contributed by atoms with E-state index in [2.05, 4.69) is 56.5 Å². The van der Waals surface area contributed by atoms with E-state index in [4.69, 9.17) is 14.4 Å². The SMILES string of the molecule is Cc1nc(NC(=O)Nc2nn(C(CC#N)C3CCCC3)cc2-c2ncnc3c2ccn3COCC[Si](C)(C)C)no1. The van der Waals surface area contributed by atoms with Gasteiger partial charge in [-0.2, -0.15) is 15.3 Å². The van der Waals surface area contributed by atoms with Gasteiger partial charge in [-0.1, -0.05) is 32.5 Å². The van der Waals surface area contributed by atoms with Crippen molar-refractivity contribution in [2.45, 2.75) is 77.5 Å². The molecule has 2 N–H and O–H groups in total. The number of nitriles is 1. The maximum Gasteiger partial charge on any atom is 0.327 e. The van der Waals surface area contributed by atoms with E-state index in [1.54, 1.807) is 6.92 Å². The zero-order valence-electron chi connectivity index (χ0n) is 23.9. The molecule has 4 aromatic rings. The smallest absolute Gasteiger partial charge is 0.327 e. The van der Waals surface area contributed by atoms with E-state index in [0.717, 1.165) is 42.8 Å². The van der Waals surface area contributed by atoms with Gasteiger partial charge >= 0.3 is 6.03 Å². The molecule has 13 nitrogen and oxygen atoms in total. The van der Waals surface area contributed by atoms with Gasteiger partial charge in [-0.05, 0) is 36.0 Å². The number of urea groups is 1. The average molecular weight is 577 g/mol. The molecule has 1 atom stereocenters. The zero-order chi connectivity index (χ0) is 29.0. The van der Waals surface area contributed by atoms with E-state index in [-0.39, 0.29) is 12.0 Å².